The lowest BCUT2D eigenvalue weighted by molar-refractivity contribution is -0.00599. The molecule has 1 aromatic rings. The van der Waals surface area contributed by atoms with Crippen LogP contribution in [0.1, 0.15) is 20.8 Å². The molecular weight excluding hydrogens is 411 g/mol. The molecule has 2 atom stereocenters. The highest BCUT2D eigenvalue weighted by Gasteiger charge is 2.34. The zero-order chi connectivity index (χ0) is 22.8. The van der Waals surface area contributed by atoms with Gasteiger partial charge in [0, 0.05) is 24.5 Å². The van der Waals surface area contributed by atoms with Gasteiger partial charge in [-0.15, -0.1) is 0 Å². The van der Waals surface area contributed by atoms with Gasteiger partial charge >= 0.3 is 18.3 Å². The van der Waals surface area contributed by atoms with Gasteiger partial charge in [-0.1, -0.05) is 0 Å². The summed E-state index contributed by atoms with van der Waals surface area (Å²) in [6, 6.07) is 6.97. The largest absolute Gasteiger partial charge is 0.465 e. The summed E-state index contributed by atoms with van der Waals surface area (Å²) in [5.74, 6) is 0. The third-order valence-corrected chi connectivity index (χ3v) is 4.83. The number of nitrogens with zero attached hydrogens (tertiary/aromatic N) is 3. The molecule has 2 aliphatic heterocycles. The molecule has 1 aromatic carbocycles. The quantitative estimate of drug-likeness (QED) is 0.695. The number of nitrogens with one attached hydrogen (secondary N) is 1. The normalized spacial score (nSPS) is 21.7. The topological polar surface area (TPSA) is 112 Å². The number of benzene rings is 1. The lowest BCUT2D eigenvalue weighted by atomic mass is 10.2. The Balaban J connectivity index is 1.58. The third-order valence-electron chi connectivity index (χ3n) is 4.83. The highest BCUT2D eigenvalue weighted by molar-refractivity contribution is 5.90. The molecule has 170 valence electrons. The van der Waals surface area contributed by atoms with Crippen LogP contribution in [0.5, 0.6) is 0 Å². The van der Waals surface area contributed by atoms with Gasteiger partial charge in [0.05, 0.1) is 19.6 Å². The number of alkyl halides is 1. The third kappa shape index (κ3) is 5.68. The number of carbonyl (C=O) groups excluding carboxylic acids is 2. The monoisotopic (exact) mass is 438 g/mol. The molecule has 2 unspecified atom stereocenters. The maximum absolute atomic E-state index is 14.6. The fourth-order valence-corrected chi connectivity index (χ4v) is 3.38. The van der Waals surface area contributed by atoms with Crippen molar-refractivity contribution in [3.8, 4) is 0 Å². The van der Waals surface area contributed by atoms with Gasteiger partial charge in [-0.3, -0.25) is 9.80 Å². The Morgan fingerprint density at radius 1 is 1.19 bits per heavy atom. The molecule has 3 amide bonds. The van der Waals surface area contributed by atoms with E-state index >= 15 is 0 Å². The van der Waals surface area contributed by atoms with E-state index in [-0.39, 0.29) is 26.2 Å². The summed E-state index contributed by atoms with van der Waals surface area (Å²) in [7, 11) is 0. The summed E-state index contributed by atoms with van der Waals surface area (Å²) in [5, 5.41) is 10.9. The molecule has 10 nitrogen and oxygen atoms in total. The number of hydrogen-bond acceptors (Lipinski definition) is 6. The van der Waals surface area contributed by atoms with Crippen LogP contribution in [0.25, 0.3) is 0 Å². The van der Waals surface area contributed by atoms with Gasteiger partial charge < -0.3 is 24.8 Å². The van der Waals surface area contributed by atoms with Crippen molar-refractivity contribution in [2.45, 2.75) is 38.8 Å². The number of halogens is 1. The standard InChI is InChI=1S/C20H27FN4O6/c1-20(2,3)31-19(29)24-9-8-23(12-16(24)21)13-4-6-14(7-5-13)25-11-15(30-18(25)28)10-22-17(26)27/h4-7,15-16,22H,8-12H2,1-3H3,(H,26,27). The molecule has 2 saturated heterocycles. The highest BCUT2D eigenvalue weighted by atomic mass is 19.1. The number of piperazine rings is 1. The molecule has 0 bridgehead atoms. The van der Waals surface area contributed by atoms with Gasteiger partial charge in [0.1, 0.15) is 11.7 Å². The van der Waals surface area contributed by atoms with Gasteiger partial charge in [-0.25, -0.2) is 18.8 Å². The average Bonchev–Trinajstić information content (AvgIpc) is 3.05. The Hall–Kier alpha value is -3.24. The number of anilines is 2. The van der Waals surface area contributed by atoms with Crippen molar-refractivity contribution in [3.05, 3.63) is 24.3 Å². The molecule has 11 heteroatoms. The van der Waals surface area contributed by atoms with Crippen LogP contribution in [0.4, 0.5) is 30.1 Å². The molecule has 31 heavy (non-hydrogen) atoms. The molecular formula is C20H27FN4O6. The minimum atomic E-state index is -1.50. The smallest absolute Gasteiger partial charge is 0.414 e. The zero-order valence-corrected chi connectivity index (χ0v) is 17.7. The molecule has 3 rings (SSSR count). The molecule has 0 spiro atoms. The zero-order valence-electron chi connectivity index (χ0n) is 17.7. The molecule has 0 aliphatic carbocycles. The van der Waals surface area contributed by atoms with E-state index in [0.29, 0.717) is 12.2 Å². The predicted molar refractivity (Wildman–Crippen MR) is 110 cm³/mol. The Morgan fingerprint density at radius 3 is 2.42 bits per heavy atom. The second kappa shape index (κ2) is 8.86. The lowest BCUT2D eigenvalue weighted by Crippen LogP contribution is -2.54. The van der Waals surface area contributed by atoms with Crippen molar-refractivity contribution in [2.24, 2.45) is 0 Å². The first kappa shape index (κ1) is 22.4. The second-order valence-electron chi connectivity index (χ2n) is 8.37. The van der Waals surface area contributed by atoms with Crippen LogP contribution in [-0.4, -0.2) is 79.0 Å². The van der Waals surface area contributed by atoms with E-state index in [1.54, 1.807) is 45.0 Å². The number of hydrogen-bond donors (Lipinski definition) is 2. The summed E-state index contributed by atoms with van der Waals surface area (Å²) in [4.78, 5) is 39.1. The van der Waals surface area contributed by atoms with Crippen LogP contribution in [0.15, 0.2) is 24.3 Å². The number of cyclic esters (lactones) is 1. The van der Waals surface area contributed by atoms with E-state index in [0.717, 1.165) is 10.6 Å². The number of ether oxygens (including phenoxy) is 2. The highest BCUT2D eigenvalue weighted by Crippen LogP contribution is 2.27. The van der Waals surface area contributed by atoms with Crippen LogP contribution < -0.4 is 15.1 Å². The molecule has 2 aliphatic rings. The second-order valence-corrected chi connectivity index (χ2v) is 8.37. The Morgan fingerprint density at radius 2 is 1.84 bits per heavy atom. The molecule has 2 heterocycles. The van der Waals surface area contributed by atoms with Crippen LogP contribution in [0.3, 0.4) is 0 Å². The van der Waals surface area contributed by atoms with Gasteiger partial charge in [0.15, 0.2) is 6.30 Å². The summed E-state index contributed by atoms with van der Waals surface area (Å²) >= 11 is 0. The van der Waals surface area contributed by atoms with Crippen LogP contribution in [-0.2, 0) is 9.47 Å². The number of amides is 3. The van der Waals surface area contributed by atoms with Crippen LogP contribution >= 0.6 is 0 Å². The SMILES string of the molecule is CC(C)(C)OC(=O)N1CCN(c2ccc(N3CC(CNC(=O)O)OC3=O)cc2)CC1F. The fraction of sp³-hybridized carbons (Fsp3) is 0.550. The van der Waals surface area contributed by atoms with E-state index in [4.69, 9.17) is 14.6 Å². The number of rotatable bonds is 4. The van der Waals surface area contributed by atoms with E-state index in [2.05, 4.69) is 5.32 Å². The summed E-state index contributed by atoms with van der Waals surface area (Å²) in [5.41, 5.74) is 0.658. The maximum atomic E-state index is 14.6. The molecule has 0 aromatic heterocycles. The first-order valence-electron chi connectivity index (χ1n) is 9.97. The van der Waals surface area contributed by atoms with E-state index in [1.807, 2.05) is 4.90 Å². The summed E-state index contributed by atoms with van der Waals surface area (Å²) in [6.45, 7) is 6.06. The van der Waals surface area contributed by atoms with Crippen molar-refractivity contribution in [1.82, 2.24) is 10.2 Å². The van der Waals surface area contributed by atoms with Crippen molar-refractivity contribution in [3.63, 3.8) is 0 Å². The van der Waals surface area contributed by atoms with Crippen molar-refractivity contribution < 1.29 is 33.4 Å². The van der Waals surface area contributed by atoms with Crippen LogP contribution in [0, 0.1) is 0 Å². The Kier molecular flexibility index (Phi) is 6.42. The minimum Gasteiger partial charge on any atom is -0.465 e. The van der Waals surface area contributed by atoms with Gasteiger partial charge in [-0.05, 0) is 45.0 Å². The first-order valence-corrected chi connectivity index (χ1v) is 9.97. The van der Waals surface area contributed by atoms with Crippen molar-refractivity contribution >= 4 is 29.7 Å². The van der Waals surface area contributed by atoms with Crippen molar-refractivity contribution in [1.29, 1.82) is 0 Å². The molecule has 0 saturated carbocycles. The fourth-order valence-electron chi connectivity index (χ4n) is 3.38. The van der Waals surface area contributed by atoms with Crippen LogP contribution in [0.2, 0.25) is 0 Å². The Labute approximate surface area is 179 Å². The van der Waals surface area contributed by atoms with Gasteiger partial charge in [-0.2, -0.15) is 0 Å². The van der Waals surface area contributed by atoms with E-state index in [1.165, 1.54) is 4.90 Å². The van der Waals surface area contributed by atoms with Crippen molar-refractivity contribution in [2.75, 3.05) is 42.5 Å². The van der Waals surface area contributed by atoms with E-state index < -0.39 is 36.3 Å². The molecule has 2 fully saturated rings. The van der Waals surface area contributed by atoms with E-state index in [9.17, 15) is 18.8 Å². The predicted octanol–water partition coefficient (Wildman–Crippen LogP) is 2.63. The van der Waals surface area contributed by atoms with Gasteiger partial charge in [0.2, 0.25) is 0 Å². The van der Waals surface area contributed by atoms with Gasteiger partial charge in [0.25, 0.3) is 0 Å². The first-order chi connectivity index (χ1) is 14.5. The number of carbonyl (C=O) groups is 3. The lowest BCUT2D eigenvalue weighted by Gasteiger charge is -2.39. The molecule has 0 radical (unpaired) electrons. The average molecular weight is 438 g/mol. The number of carboxylic acid groups (broad SMARTS) is 1. The maximum Gasteiger partial charge on any atom is 0.414 e. The summed E-state index contributed by atoms with van der Waals surface area (Å²) in [6.07, 6.45) is -4.48. The summed E-state index contributed by atoms with van der Waals surface area (Å²) < 4.78 is 25.0. The Bertz CT molecular complexity index is 828. The molecule has 2 N–H and O–H groups in total. The minimum absolute atomic E-state index is 0.00722.